The van der Waals surface area contributed by atoms with Crippen LogP contribution < -0.4 is 10.6 Å². The summed E-state index contributed by atoms with van der Waals surface area (Å²) in [5.41, 5.74) is 1.23. The first kappa shape index (κ1) is 14.3. The third kappa shape index (κ3) is 2.88. The summed E-state index contributed by atoms with van der Waals surface area (Å²) in [6.45, 7) is 3.95. The summed E-state index contributed by atoms with van der Waals surface area (Å²) in [6, 6.07) is 3.54. The molecule has 5 nitrogen and oxygen atoms in total. The summed E-state index contributed by atoms with van der Waals surface area (Å²) >= 11 is 6.04. The van der Waals surface area contributed by atoms with E-state index in [9.17, 15) is 4.79 Å². The van der Waals surface area contributed by atoms with Crippen molar-refractivity contribution in [3.05, 3.63) is 27.8 Å². The lowest BCUT2D eigenvalue weighted by molar-refractivity contribution is 0.694. The maximum absolute atomic E-state index is 12.1. The van der Waals surface area contributed by atoms with Crippen molar-refractivity contribution in [2.45, 2.75) is 26.2 Å². The van der Waals surface area contributed by atoms with Crippen LogP contribution in [0.5, 0.6) is 0 Å². The molecule has 0 aromatic carbocycles. The van der Waals surface area contributed by atoms with Crippen molar-refractivity contribution in [2.75, 3.05) is 18.0 Å². The quantitative estimate of drug-likeness (QED) is 0.797. The lowest BCUT2D eigenvalue weighted by atomic mass is 10.2. The molecule has 2 heterocycles. The number of halogens is 1. The molecule has 0 saturated heterocycles. The number of anilines is 1. The highest BCUT2D eigenvalue weighted by molar-refractivity contribution is 6.29. The van der Waals surface area contributed by atoms with Crippen LogP contribution in [0.25, 0.3) is 11.0 Å². The van der Waals surface area contributed by atoms with Crippen LogP contribution >= 0.6 is 11.6 Å². The lowest BCUT2D eigenvalue weighted by Gasteiger charge is -2.24. The maximum atomic E-state index is 12.1. The van der Waals surface area contributed by atoms with E-state index in [-0.39, 0.29) is 5.69 Å². The van der Waals surface area contributed by atoms with Gasteiger partial charge in [-0.15, -0.1) is 0 Å². The molecular weight excluding hydrogens is 288 g/mol. The number of rotatable bonds is 5. The van der Waals surface area contributed by atoms with Gasteiger partial charge in [0.2, 0.25) is 0 Å². The average Bonchev–Trinajstić information content (AvgIpc) is 3.26. The molecule has 1 saturated carbocycles. The van der Waals surface area contributed by atoms with Crippen molar-refractivity contribution in [3.63, 3.8) is 0 Å². The molecule has 2 aromatic rings. The zero-order valence-electron chi connectivity index (χ0n) is 12.3. The number of nitrogens with zero attached hydrogens (tertiary/aromatic N) is 4. The van der Waals surface area contributed by atoms with E-state index < -0.39 is 0 Å². The highest BCUT2D eigenvalue weighted by atomic mass is 35.5. The molecule has 0 amide bonds. The number of aryl methyl sites for hydroxylation is 1. The zero-order valence-corrected chi connectivity index (χ0v) is 13.1. The van der Waals surface area contributed by atoms with Gasteiger partial charge in [0, 0.05) is 20.1 Å². The molecule has 3 rings (SSSR count). The van der Waals surface area contributed by atoms with E-state index in [0.717, 1.165) is 30.9 Å². The van der Waals surface area contributed by atoms with Gasteiger partial charge >= 0.3 is 5.69 Å². The molecule has 1 fully saturated rings. The van der Waals surface area contributed by atoms with Gasteiger partial charge in [0.25, 0.3) is 0 Å². The van der Waals surface area contributed by atoms with E-state index in [4.69, 9.17) is 11.6 Å². The van der Waals surface area contributed by atoms with E-state index in [1.165, 1.54) is 17.4 Å². The van der Waals surface area contributed by atoms with Crippen LogP contribution in [0, 0.1) is 5.92 Å². The van der Waals surface area contributed by atoms with Gasteiger partial charge in [-0.25, -0.2) is 9.78 Å². The summed E-state index contributed by atoms with van der Waals surface area (Å²) in [7, 11) is 1.71. The highest BCUT2D eigenvalue weighted by Gasteiger charge is 2.26. The number of aromatic nitrogens is 3. The van der Waals surface area contributed by atoms with E-state index in [2.05, 4.69) is 21.8 Å². The third-order valence-electron chi connectivity index (χ3n) is 3.87. The van der Waals surface area contributed by atoms with Crippen molar-refractivity contribution in [1.82, 2.24) is 14.5 Å². The van der Waals surface area contributed by atoms with Gasteiger partial charge < -0.3 is 4.90 Å². The number of pyridine rings is 1. The maximum Gasteiger partial charge on any atom is 0.349 e. The zero-order chi connectivity index (χ0) is 15.0. The van der Waals surface area contributed by atoms with E-state index in [0.29, 0.717) is 16.5 Å². The Labute approximate surface area is 128 Å². The standard InChI is InChI=1S/C15H19ClN4O/c1-3-8-20(9-10-4-5-10)14-13-11(6-7-12(16)17-13)19(2)15(21)18-14/h6-7,10H,3-5,8-9H2,1-2H3. The number of hydrogen-bond acceptors (Lipinski definition) is 4. The Morgan fingerprint density at radius 1 is 1.38 bits per heavy atom. The fraction of sp³-hybridized carbons (Fsp3) is 0.533. The van der Waals surface area contributed by atoms with Gasteiger partial charge in [0.15, 0.2) is 5.82 Å². The molecule has 6 heteroatoms. The second-order valence-corrected chi connectivity index (χ2v) is 6.06. The summed E-state index contributed by atoms with van der Waals surface area (Å²) in [4.78, 5) is 23.0. The molecule has 0 bridgehead atoms. The van der Waals surface area contributed by atoms with Crippen LogP contribution in [0.1, 0.15) is 26.2 Å². The fourth-order valence-corrected chi connectivity index (χ4v) is 2.72. The number of hydrogen-bond donors (Lipinski definition) is 0. The second-order valence-electron chi connectivity index (χ2n) is 5.67. The molecule has 1 aliphatic carbocycles. The summed E-state index contributed by atoms with van der Waals surface area (Å²) in [5, 5.41) is 0.423. The molecule has 0 unspecified atom stereocenters. The predicted octanol–water partition coefficient (Wildman–Crippen LogP) is 2.61. The molecule has 0 radical (unpaired) electrons. The Bertz CT molecular complexity index is 723. The number of fused-ring (bicyclic) bond motifs is 1. The average molecular weight is 307 g/mol. The largest absolute Gasteiger partial charge is 0.354 e. The van der Waals surface area contributed by atoms with Gasteiger partial charge in [-0.2, -0.15) is 4.98 Å². The van der Waals surface area contributed by atoms with Crippen molar-refractivity contribution in [2.24, 2.45) is 13.0 Å². The van der Waals surface area contributed by atoms with Crippen LogP contribution in [0.3, 0.4) is 0 Å². The Morgan fingerprint density at radius 3 is 2.81 bits per heavy atom. The molecule has 21 heavy (non-hydrogen) atoms. The first-order valence-electron chi connectivity index (χ1n) is 7.38. The lowest BCUT2D eigenvalue weighted by Crippen LogP contribution is -2.32. The third-order valence-corrected chi connectivity index (χ3v) is 4.08. The summed E-state index contributed by atoms with van der Waals surface area (Å²) < 4.78 is 1.52. The van der Waals surface area contributed by atoms with Crippen LogP contribution in [0.2, 0.25) is 5.15 Å². The Balaban J connectivity index is 2.16. The normalized spacial score (nSPS) is 14.6. The van der Waals surface area contributed by atoms with E-state index in [1.807, 2.05) is 6.07 Å². The first-order valence-corrected chi connectivity index (χ1v) is 7.76. The SMILES string of the molecule is CCCN(CC1CC1)c1nc(=O)n(C)c2ccc(Cl)nc12. The van der Waals surface area contributed by atoms with E-state index in [1.54, 1.807) is 13.1 Å². The molecule has 112 valence electrons. The Morgan fingerprint density at radius 2 is 2.14 bits per heavy atom. The van der Waals surface area contributed by atoms with E-state index >= 15 is 0 Å². The summed E-state index contributed by atoms with van der Waals surface area (Å²) in [5.74, 6) is 1.39. The van der Waals surface area contributed by atoms with Gasteiger partial charge in [-0.05, 0) is 37.3 Å². The van der Waals surface area contributed by atoms with Crippen molar-refractivity contribution in [1.29, 1.82) is 0 Å². The Kier molecular flexibility index (Phi) is 3.85. The minimum absolute atomic E-state index is 0.251. The molecule has 2 aromatic heterocycles. The van der Waals surface area contributed by atoms with Gasteiger partial charge in [-0.1, -0.05) is 18.5 Å². The molecule has 0 aliphatic heterocycles. The first-order chi connectivity index (χ1) is 10.1. The predicted molar refractivity (Wildman–Crippen MR) is 85.0 cm³/mol. The van der Waals surface area contributed by atoms with Crippen molar-refractivity contribution < 1.29 is 0 Å². The summed E-state index contributed by atoms with van der Waals surface area (Å²) in [6.07, 6.45) is 3.53. The van der Waals surface area contributed by atoms with Gasteiger partial charge in [-0.3, -0.25) is 4.57 Å². The fourth-order valence-electron chi connectivity index (χ4n) is 2.57. The molecule has 1 aliphatic rings. The highest BCUT2D eigenvalue weighted by Crippen LogP contribution is 2.32. The monoisotopic (exact) mass is 306 g/mol. The van der Waals surface area contributed by atoms with Crippen LogP contribution in [-0.4, -0.2) is 27.6 Å². The minimum Gasteiger partial charge on any atom is -0.354 e. The van der Waals surface area contributed by atoms with Gasteiger partial charge in [0.1, 0.15) is 10.7 Å². The molecular formula is C15H19ClN4O. The minimum atomic E-state index is -0.251. The van der Waals surface area contributed by atoms with Crippen molar-refractivity contribution in [3.8, 4) is 0 Å². The van der Waals surface area contributed by atoms with Crippen LogP contribution in [0.15, 0.2) is 16.9 Å². The van der Waals surface area contributed by atoms with Crippen LogP contribution in [0.4, 0.5) is 5.82 Å². The van der Waals surface area contributed by atoms with Crippen LogP contribution in [-0.2, 0) is 7.05 Å². The smallest absolute Gasteiger partial charge is 0.349 e. The van der Waals surface area contributed by atoms with Crippen molar-refractivity contribution >= 4 is 28.5 Å². The second kappa shape index (κ2) is 5.64. The molecule has 0 N–H and O–H groups in total. The topological polar surface area (TPSA) is 51.0 Å². The Hall–Kier alpha value is -1.62. The molecule has 0 spiro atoms. The molecule has 0 atom stereocenters. The van der Waals surface area contributed by atoms with Gasteiger partial charge in [0.05, 0.1) is 5.52 Å².